The van der Waals surface area contributed by atoms with Gasteiger partial charge in [-0.25, -0.2) is 8.42 Å². The molecule has 104 valence electrons. The first-order valence-electron chi connectivity index (χ1n) is 5.66. The molecule has 0 aliphatic carbocycles. The minimum absolute atomic E-state index is 0.0498. The number of rotatable bonds is 6. The van der Waals surface area contributed by atoms with Crippen LogP contribution in [0, 0.1) is 11.3 Å². The van der Waals surface area contributed by atoms with E-state index >= 15 is 0 Å². The van der Waals surface area contributed by atoms with Crippen LogP contribution in [0.1, 0.15) is 12.5 Å². The number of sulfonamides is 1. The average molecular weight is 303 g/mol. The summed E-state index contributed by atoms with van der Waals surface area (Å²) >= 11 is 5.93. The van der Waals surface area contributed by atoms with E-state index in [1.807, 2.05) is 6.07 Å². The lowest BCUT2D eigenvalue weighted by molar-refractivity contribution is 0.180. The van der Waals surface area contributed by atoms with Gasteiger partial charge in [-0.15, -0.1) is 0 Å². The third-order valence-corrected chi connectivity index (χ3v) is 5.03. The van der Waals surface area contributed by atoms with E-state index < -0.39 is 10.0 Å². The second-order valence-electron chi connectivity index (χ2n) is 3.75. The number of nitriles is 1. The Bertz CT molecular complexity index is 581. The molecule has 0 atom stereocenters. The van der Waals surface area contributed by atoms with Crippen LogP contribution < -0.4 is 0 Å². The van der Waals surface area contributed by atoms with Gasteiger partial charge in [0.2, 0.25) is 10.0 Å². The molecule has 5 nitrogen and oxygen atoms in total. The van der Waals surface area contributed by atoms with Gasteiger partial charge in [-0.3, -0.25) is 0 Å². The monoisotopic (exact) mass is 302 g/mol. The van der Waals surface area contributed by atoms with Crippen molar-refractivity contribution >= 4 is 21.6 Å². The lowest BCUT2D eigenvalue weighted by atomic mass is 10.2. The van der Waals surface area contributed by atoms with E-state index in [2.05, 4.69) is 0 Å². The van der Waals surface area contributed by atoms with Crippen LogP contribution in [0.25, 0.3) is 0 Å². The highest BCUT2D eigenvalue weighted by Gasteiger charge is 2.25. The first-order chi connectivity index (χ1) is 8.97. The van der Waals surface area contributed by atoms with Crippen LogP contribution in [-0.4, -0.2) is 39.5 Å². The molecule has 0 aliphatic heterocycles. The van der Waals surface area contributed by atoms with Crippen molar-refractivity contribution in [1.29, 1.82) is 5.26 Å². The Morgan fingerprint density at radius 3 is 2.68 bits per heavy atom. The quantitative estimate of drug-likeness (QED) is 0.804. The van der Waals surface area contributed by atoms with Gasteiger partial charge in [0.05, 0.1) is 23.3 Å². The molecule has 0 aromatic heterocycles. The molecule has 1 aromatic rings. The fourth-order valence-electron chi connectivity index (χ4n) is 1.55. The summed E-state index contributed by atoms with van der Waals surface area (Å²) in [5.74, 6) is 0. The fourth-order valence-corrected chi connectivity index (χ4v) is 3.48. The number of methoxy groups -OCH3 is 1. The van der Waals surface area contributed by atoms with Crippen LogP contribution in [0.15, 0.2) is 23.1 Å². The van der Waals surface area contributed by atoms with Gasteiger partial charge in [0.1, 0.15) is 4.90 Å². The lowest BCUT2D eigenvalue weighted by Crippen LogP contribution is -2.34. The van der Waals surface area contributed by atoms with Crippen LogP contribution in [0.3, 0.4) is 0 Å². The molecule has 1 rings (SSSR count). The maximum absolute atomic E-state index is 12.4. The highest BCUT2D eigenvalue weighted by molar-refractivity contribution is 7.89. The van der Waals surface area contributed by atoms with E-state index in [1.165, 1.54) is 29.6 Å². The zero-order chi connectivity index (χ0) is 14.5. The number of nitrogens with zero attached hydrogens (tertiary/aromatic N) is 2. The van der Waals surface area contributed by atoms with Crippen LogP contribution in [0.2, 0.25) is 5.02 Å². The second kappa shape index (κ2) is 6.87. The first-order valence-corrected chi connectivity index (χ1v) is 7.48. The molecule has 19 heavy (non-hydrogen) atoms. The standard InChI is InChI=1S/C12H15ClN2O3S/c1-3-15(6-7-18-2)19(16,17)12-8-10(9-14)4-5-11(12)13/h4-5,8H,3,6-7H2,1-2H3. The van der Waals surface area contributed by atoms with Gasteiger partial charge in [-0.2, -0.15) is 9.57 Å². The number of benzene rings is 1. The molecule has 0 unspecified atom stereocenters. The summed E-state index contributed by atoms with van der Waals surface area (Å²) in [6, 6.07) is 6.08. The Kier molecular flexibility index (Phi) is 5.76. The van der Waals surface area contributed by atoms with Crippen LogP contribution in [0.5, 0.6) is 0 Å². The van der Waals surface area contributed by atoms with Crippen molar-refractivity contribution in [2.75, 3.05) is 26.8 Å². The van der Waals surface area contributed by atoms with Crippen LogP contribution in [0.4, 0.5) is 0 Å². The number of ether oxygens (including phenoxy) is 1. The summed E-state index contributed by atoms with van der Waals surface area (Å²) in [6.07, 6.45) is 0. The molecule has 0 radical (unpaired) electrons. The number of halogens is 1. The topological polar surface area (TPSA) is 70.4 Å². The Morgan fingerprint density at radius 2 is 2.16 bits per heavy atom. The van der Waals surface area contributed by atoms with Crippen molar-refractivity contribution in [1.82, 2.24) is 4.31 Å². The van der Waals surface area contributed by atoms with Gasteiger partial charge in [-0.05, 0) is 18.2 Å². The molecule has 0 saturated heterocycles. The Hall–Kier alpha value is -1.13. The van der Waals surface area contributed by atoms with E-state index in [-0.39, 0.29) is 22.0 Å². The molecule has 0 saturated carbocycles. The molecule has 0 fully saturated rings. The van der Waals surface area contributed by atoms with Crippen molar-refractivity contribution in [3.63, 3.8) is 0 Å². The maximum Gasteiger partial charge on any atom is 0.244 e. The zero-order valence-corrected chi connectivity index (χ0v) is 12.3. The predicted octanol–water partition coefficient (Wildman–Crippen LogP) is 1.87. The van der Waals surface area contributed by atoms with Gasteiger partial charge in [-0.1, -0.05) is 18.5 Å². The maximum atomic E-state index is 12.4. The molecule has 7 heteroatoms. The van der Waals surface area contributed by atoms with Crippen molar-refractivity contribution < 1.29 is 13.2 Å². The summed E-state index contributed by atoms with van der Waals surface area (Å²) in [7, 11) is -2.21. The highest BCUT2D eigenvalue weighted by atomic mass is 35.5. The third-order valence-electron chi connectivity index (χ3n) is 2.58. The molecule has 1 aromatic carbocycles. The first kappa shape index (κ1) is 15.9. The molecule has 0 spiro atoms. The average Bonchev–Trinajstić information content (AvgIpc) is 2.39. The smallest absolute Gasteiger partial charge is 0.244 e. The number of hydrogen-bond donors (Lipinski definition) is 0. The van der Waals surface area contributed by atoms with E-state index in [0.29, 0.717) is 13.2 Å². The molecule has 0 aliphatic rings. The van der Waals surface area contributed by atoms with Gasteiger partial charge < -0.3 is 4.74 Å². The fraction of sp³-hybridized carbons (Fsp3) is 0.417. The number of likely N-dealkylation sites (N-methyl/N-ethyl adjacent to an activating group) is 1. The van der Waals surface area contributed by atoms with Gasteiger partial charge in [0, 0.05) is 20.2 Å². The van der Waals surface area contributed by atoms with E-state index in [0.717, 1.165) is 0 Å². The zero-order valence-electron chi connectivity index (χ0n) is 10.8. The Labute approximate surface area is 118 Å². The van der Waals surface area contributed by atoms with Crippen molar-refractivity contribution in [2.24, 2.45) is 0 Å². The highest BCUT2D eigenvalue weighted by Crippen LogP contribution is 2.25. The van der Waals surface area contributed by atoms with Gasteiger partial charge >= 0.3 is 0 Å². The molecular formula is C12H15ClN2O3S. The minimum Gasteiger partial charge on any atom is -0.383 e. The summed E-state index contributed by atoms with van der Waals surface area (Å²) in [6.45, 7) is 2.57. The normalized spacial score (nSPS) is 11.5. The van der Waals surface area contributed by atoms with E-state index in [1.54, 1.807) is 6.92 Å². The summed E-state index contributed by atoms with van der Waals surface area (Å²) < 4.78 is 31.0. The summed E-state index contributed by atoms with van der Waals surface area (Å²) in [5.41, 5.74) is 0.255. The summed E-state index contributed by atoms with van der Waals surface area (Å²) in [4.78, 5) is -0.0498. The van der Waals surface area contributed by atoms with Gasteiger partial charge in [0.25, 0.3) is 0 Å². The molecule has 0 N–H and O–H groups in total. The second-order valence-corrected chi connectivity index (χ2v) is 6.06. The van der Waals surface area contributed by atoms with Gasteiger partial charge in [0.15, 0.2) is 0 Å². The largest absolute Gasteiger partial charge is 0.383 e. The van der Waals surface area contributed by atoms with Crippen molar-refractivity contribution in [3.8, 4) is 6.07 Å². The molecule has 0 heterocycles. The SMILES string of the molecule is CCN(CCOC)S(=O)(=O)c1cc(C#N)ccc1Cl. The lowest BCUT2D eigenvalue weighted by Gasteiger charge is -2.20. The minimum atomic E-state index is -3.72. The van der Waals surface area contributed by atoms with E-state index in [9.17, 15) is 8.42 Å². The molecular weight excluding hydrogens is 288 g/mol. The Balaban J connectivity index is 3.22. The Morgan fingerprint density at radius 1 is 1.47 bits per heavy atom. The summed E-state index contributed by atoms with van der Waals surface area (Å²) in [5, 5.41) is 8.94. The third kappa shape index (κ3) is 3.67. The predicted molar refractivity (Wildman–Crippen MR) is 72.5 cm³/mol. The van der Waals surface area contributed by atoms with Crippen LogP contribution >= 0.6 is 11.6 Å². The molecule has 0 amide bonds. The molecule has 0 bridgehead atoms. The number of hydrogen-bond acceptors (Lipinski definition) is 4. The van der Waals surface area contributed by atoms with Crippen molar-refractivity contribution in [3.05, 3.63) is 28.8 Å². The van der Waals surface area contributed by atoms with Crippen molar-refractivity contribution in [2.45, 2.75) is 11.8 Å². The van der Waals surface area contributed by atoms with Crippen LogP contribution in [-0.2, 0) is 14.8 Å². The van der Waals surface area contributed by atoms with E-state index in [4.69, 9.17) is 21.6 Å².